The molecule has 1 heterocycles. The van der Waals surface area contributed by atoms with Crippen molar-refractivity contribution in [1.82, 2.24) is 15.6 Å². The van der Waals surface area contributed by atoms with Crippen LogP contribution in [0, 0.1) is 17.3 Å². The second-order valence-electron chi connectivity index (χ2n) is 5.04. The molecule has 0 atom stereocenters. The summed E-state index contributed by atoms with van der Waals surface area (Å²) in [6.07, 6.45) is 1.46. The van der Waals surface area contributed by atoms with Crippen LogP contribution in [0.15, 0.2) is 18.3 Å². The van der Waals surface area contributed by atoms with Crippen molar-refractivity contribution in [2.24, 2.45) is 5.41 Å². The number of carbonyl (C=O) groups is 2. The number of rotatable bonds is 4. The maximum Gasteiger partial charge on any atom is 0.269 e. The van der Waals surface area contributed by atoms with Gasteiger partial charge < -0.3 is 15.7 Å². The number of aromatic nitrogens is 1. The molecule has 0 fully saturated rings. The summed E-state index contributed by atoms with van der Waals surface area (Å²) in [6.45, 7) is 3.47. The Morgan fingerprint density at radius 1 is 1.38 bits per heavy atom. The molecule has 3 N–H and O–H groups in total. The van der Waals surface area contributed by atoms with Gasteiger partial charge in [-0.1, -0.05) is 11.8 Å². The minimum atomic E-state index is -0.697. The van der Waals surface area contributed by atoms with Crippen molar-refractivity contribution in [2.45, 2.75) is 13.8 Å². The van der Waals surface area contributed by atoms with Crippen LogP contribution < -0.4 is 10.6 Å². The van der Waals surface area contributed by atoms with Gasteiger partial charge in [-0.25, -0.2) is 4.98 Å². The summed E-state index contributed by atoms with van der Waals surface area (Å²) in [7, 11) is 1.56. The molecule has 1 aromatic heterocycles. The van der Waals surface area contributed by atoms with Crippen molar-refractivity contribution < 1.29 is 14.7 Å². The van der Waals surface area contributed by atoms with E-state index in [0.717, 1.165) is 0 Å². The lowest BCUT2D eigenvalue weighted by Gasteiger charge is -2.22. The first-order valence-corrected chi connectivity index (χ1v) is 6.47. The molecule has 0 saturated heterocycles. The molecule has 0 aromatic carbocycles. The minimum Gasteiger partial charge on any atom is -0.384 e. The monoisotopic (exact) mass is 289 g/mol. The van der Waals surface area contributed by atoms with Crippen LogP contribution >= 0.6 is 0 Å². The lowest BCUT2D eigenvalue weighted by atomic mass is 9.92. The third kappa shape index (κ3) is 4.89. The fourth-order valence-electron chi connectivity index (χ4n) is 1.55. The smallest absolute Gasteiger partial charge is 0.269 e. The van der Waals surface area contributed by atoms with E-state index in [2.05, 4.69) is 27.5 Å². The van der Waals surface area contributed by atoms with Gasteiger partial charge in [-0.2, -0.15) is 0 Å². The highest BCUT2D eigenvalue weighted by Gasteiger charge is 2.27. The van der Waals surface area contributed by atoms with E-state index in [9.17, 15) is 9.59 Å². The summed E-state index contributed by atoms with van der Waals surface area (Å²) in [6, 6.07) is 3.19. The van der Waals surface area contributed by atoms with E-state index in [1.807, 2.05) is 0 Å². The largest absolute Gasteiger partial charge is 0.384 e. The Labute approximate surface area is 124 Å². The second kappa shape index (κ2) is 7.41. The van der Waals surface area contributed by atoms with E-state index in [-0.39, 0.29) is 30.7 Å². The van der Waals surface area contributed by atoms with Crippen molar-refractivity contribution in [3.05, 3.63) is 29.6 Å². The zero-order valence-electron chi connectivity index (χ0n) is 12.4. The maximum absolute atomic E-state index is 11.9. The van der Waals surface area contributed by atoms with Crippen molar-refractivity contribution in [1.29, 1.82) is 0 Å². The van der Waals surface area contributed by atoms with Crippen molar-refractivity contribution in [3.63, 3.8) is 0 Å². The molecule has 0 aliphatic carbocycles. The lowest BCUT2D eigenvalue weighted by Crippen LogP contribution is -2.43. The Bertz CT molecular complexity index is 568. The quantitative estimate of drug-likeness (QED) is 0.677. The molecule has 6 nitrogen and oxygen atoms in total. The Morgan fingerprint density at radius 3 is 2.62 bits per heavy atom. The van der Waals surface area contributed by atoms with E-state index in [4.69, 9.17) is 5.11 Å². The predicted molar refractivity (Wildman–Crippen MR) is 78.4 cm³/mol. The summed E-state index contributed by atoms with van der Waals surface area (Å²) in [4.78, 5) is 27.6. The molecule has 112 valence electrons. The van der Waals surface area contributed by atoms with Crippen molar-refractivity contribution >= 4 is 11.8 Å². The highest BCUT2D eigenvalue weighted by Crippen LogP contribution is 2.13. The van der Waals surface area contributed by atoms with E-state index in [1.54, 1.807) is 33.0 Å². The van der Waals surface area contributed by atoms with Crippen LogP contribution in [0.4, 0.5) is 0 Å². The standard InChI is InChI=1S/C15H19N3O3/c1-15(2,14(21)16-3)10-18-13(20)12-7-6-11(9-17-12)5-4-8-19/h6-7,9,19H,8,10H2,1-3H3,(H,16,21)(H,18,20). The SMILES string of the molecule is CNC(=O)C(C)(C)CNC(=O)c1ccc(C#CCO)cn1. The van der Waals surface area contributed by atoms with Crippen LogP contribution in [0.1, 0.15) is 29.9 Å². The zero-order valence-corrected chi connectivity index (χ0v) is 12.4. The second-order valence-corrected chi connectivity index (χ2v) is 5.04. The summed E-state index contributed by atoms with van der Waals surface area (Å²) < 4.78 is 0. The van der Waals surface area contributed by atoms with E-state index in [1.165, 1.54) is 6.20 Å². The first kappa shape index (κ1) is 16.7. The van der Waals surface area contributed by atoms with Gasteiger partial charge in [-0.15, -0.1) is 0 Å². The Balaban J connectivity index is 2.66. The highest BCUT2D eigenvalue weighted by molar-refractivity contribution is 5.93. The van der Waals surface area contributed by atoms with E-state index in [0.29, 0.717) is 5.56 Å². The molecule has 0 unspecified atom stereocenters. The van der Waals surface area contributed by atoms with E-state index < -0.39 is 5.41 Å². The van der Waals surface area contributed by atoms with Gasteiger partial charge in [0.05, 0.1) is 5.41 Å². The zero-order chi connectivity index (χ0) is 15.9. The first-order chi connectivity index (χ1) is 9.90. The van der Waals surface area contributed by atoms with Crippen LogP contribution in [0.2, 0.25) is 0 Å². The Hall–Kier alpha value is -2.39. The van der Waals surface area contributed by atoms with Gasteiger partial charge in [-0.05, 0) is 26.0 Å². The van der Waals surface area contributed by atoms with Gasteiger partial charge in [0.25, 0.3) is 5.91 Å². The maximum atomic E-state index is 11.9. The molecule has 0 spiro atoms. The van der Waals surface area contributed by atoms with Gasteiger partial charge in [0, 0.05) is 25.4 Å². The number of hydrogen-bond acceptors (Lipinski definition) is 4. The van der Waals surface area contributed by atoms with Crippen LogP contribution in [-0.2, 0) is 4.79 Å². The molecule has 1 rings (SSSR count). The molecule has 0 aliphatic heterocycles. The summed E-state index contributed by atoms with van der Waals surface area (Å²) in [5.41, 5.74) is 0.167. The van der Waals surface area contributed by atoms with Gasteiger partial charge in [-0.3, -0.25) is 9.59 Å². The van der Waals surface area contributed by atoms with Crippen LogP contribution in [-0.4, -0.2) is 42.1 Å². The normalized spacial score (nSPS) is 10.3. The number of amides is 2. The molecular formula is C15H19N3O3. The fourth-order valence-corrected chi connectivity index (χ4v) is 1.55. The summed E-state index contributed by atoms with van der Waals surface area (Å²) in [5.74, 6) is 4.69. The third-order valence-corrected chi connectivity index (χ3v) is 2.84. The molecule has 21 heavy (non-hydrogen) atoms. The number of aliphatic hydroxyl groups excluding tert-OH is 1. The lowest BCUT2D eigenvalue weighted by molar-refractivity contribution is -0.128. The van der Waals surface area contributed by atoms with Crippen LogP contribution in [0.5, 0.6) is 0 Å². The molecule has 0 radical (unpaired) electrons. The first-order valence-electron chi connectivity index (χ1n) is 6.47. The van der Waals surface area contributed by atoms with E-state index >= 15 is 0 Å². The average Bonchev–Trinajstić information content (AvgIpc) is 2.50. The van der Waals surface area contributed by atoms with Crippen LogP contribution in [0.3, 0.4) is 0 Å². The molecule has 0 bridgehead atoms. The predicted octanol–water partition coefficient (Wildman–Crippen LogP) is -0.0726. The van der Waals surface area contributed by atoms with Crippen molar-refractivity contribution in [2.75, 3.05) is 20.2 Å². The molecule has 0 saturated carbocycles. The molecular weight excluding hydrogens is 270 g/mol. The number of hydrogen-bond donors (Lipinski definition) is 3. The summed E-state index contributed by atoms with van der Waals surface area (Å²) >= 11 is 0. The van der Waals surface area contributed by atoms with Gasteiger partial charge >= 0.3 is 0 Å². The van der Waals surface area contributed by atoms with Gasteiger partial charge in [0.15, 0.2) is 0 Å². The molecule has 6 heteroatoms. The number of nitrogens with one attached hydrogen (secondary N) is 2. The topological polar surface area (TPSA) is 91.3 Å². The van der Waals surface area contributed by atoms with Crippen molar-refractivity contribution in [3.8, 4) is 11.8 Å². The third-order valence-electron chi connectivity index (χ3n) is 2.84. The van der Waals surface area contributed by atoms with Gasteiger partial charge in [0.1, 0.15) is 12.3 Å². The van der Waals surface area contributed by atoms with Gasteiger partial charge in [0.2, 0.25) is 5.91 Å². The number of carbonyl (C=O) groups excluding carboxylic acids is 2. The average molecular weight is 289 g/mol. The number of aliphatic hydroxyl groups is 1. The highest BCUT2D eigenvalue weighted by atomic mass is 16.2. The molecule has 0 aliphatic rings. The number of nitrogens with zero attached hydrogens (tertiary/aromatic N) is 1. The minimum absolute atomic E-state index is 0.148. The number of pyridine rings is 1. The summed E-state index contributed by atoms with van der Waals surface area (Å²) in [5, 5.41) is 13.8. The molecule has 2 amide bonds. The Kier molecular flexibility index (Phi) is 5.88. The van der Waals surface area contributed by atoms with Crippen LogP contribution in [0.25, 0.3) is 0 Å². The fraction of sp³-hybridized carbons (Fsp3) is 0.400. The Morgan fingerprint density at radius 2 is 2.10 bits per heavy atom. The molecule has 1 aromatic rings.